The van der Waals surface area contributed by atoms with Crippen LogP contribution in [0.15, 0.2) is 133 Å². The highest BCUT2D eigenvalue weighted by Crippen LogP contribution is 2.53. The molecule has 2 N–H and O–H groups in total. The van der Waals surface area contributed by atoms with Gasteiger partial charge in [-0.05, 0) is 40.5 Å². The molecular weight excluding hydrogens is 514 g/mol. The Labute approximate surface area is 237 Å². The maximum absolute atomic E-state index is 15.1. The second kappa shape index (κ2) is 10.0. The quantitative estimate of drug-likeness (QED) is 0.152. The zero-order chi connectivity index (χ0) is 28.6. The molecule has 1 aliphatic rings. The molecule has 0 saturated heterocycles. The molecule has 1 amide bonds. The molecule has 0 unspecified atom stereocenters. The van der Waals surface area contributed by atoms with Crippen molar-refractivity contribution in [3.05, 3.63) is 171 Å². The molecule has 0 radical (unpaired) electrons. The van der Waals surface area contributed by atoms with Crippen LogP contribution in [-0.4, -0.2) is 17.9 Å². The maximum Gasteiger partial charge on any atom is 0.269 e. The van der Waals surface area contributed by atoms with Gasteiger partial charge in [0.25, 0.3) is 11.6 Å². The number of hydrogen-bond donors (Lipinski definition) is 1. The number of nitrogens with two attached hydrogens (primary N) is 1. The van der Waals surface area contributed by atoms with E-state index in [1.54, 1.807) is 42.3 Å². The second-order valence-corrected chi connectivity index (χ2v) is 9.94. The van der Waals surface area contributed by atoms with Crippen molar-refractivity contribution < 1.29 is 14.5 Å². The third kappa shape index (κ3) is 3.90. The van der Waals surface area contributed by atoms with E-state index in [0.717, 1.165) is 16.7 Å². The lowest BCUT2D eigenvalue weighted by atomic mass is 9.75. The number of nitro groups is 1. The van der Waals surface area contributed by atoms with Crippen LogP contribution in [0.2, 0.25) is 0 Å². The minimum absolute atomic E-state index is 0.147. The smallest absolute Gasteiger partial charge is 0.269 e. The molecule has 1 heterocycles. The van der Waals surface area contributed by atoms with Gasteiger partial charge < -0.3 is 10.5 Å². The first-order valence-electron chi connectivity index (χ1n) is 13.2. The Morgan fingerprint density at radius 2 is 1.24 bits per heavy atom. The molecule has 5 aromatic rings. The second-order valence-electron chi connectivity index (χ2n) is 9.94. The van der Waals surface area contributed by atoms with Gasteiger partial charge in [0, 0.05) is 17.7 Å². The maximum atomic E-state index is 15.1. The lowest BCUT2D eigenvalue weighted by Crippen LogP contribution is -2.56. The molecule has 7 nitrogen and oxygen atoms in total. The van der Waals surface area contributed by atoms with Crippen LogP contribution in [0.3, 0.4) is 0 Å². The standard InChI is InChI=1S/C34H27N3O4/c1-41-29-20-17-24(18-21-29)33(35)30-23-28(37(39)40)19-22-31(30)36(32(33)38)34(25-11-5-2-6-12-25,26-13-7-3-8-14-26)27-15-9-4-10-16-27/h2-23H,35H2,1H3/t33-/m1/s1. The first kappa shape index (κ1) is 26.0. The number of amides is 1. The third-order valence-electron chi connectivity index (χ3n) is 7.85. The van der Waals surface area contributed by atoms with Crippen molar-refractivity contribution in [1.29, 1.82) is 0 Å². The minimum Gasteiger partial charge on any atom is -0.497 e. The van der Waals surface area contributed by atoms with Crippen molar-refractivity contribution >= 4 is 17.3 Å². The molecule has 0 aliphatic carbocycles. The number of rotatable bonds is 7. The van der Waals surface area contributed by atoms with Gasteiger partial charge >= 0.3 is 0 Å². The fraction of sp³-hybridized carbons (Fsp3) is 0.0882. The van der Waals surface area contributed by atoms with E-state index in [2.05, 4.69) is 0 Å². The van der Waals surface area contributed by atoms with Crippen molar-refractivity contribution in [2.75, 3.05) is 12.0 Å². The van der Waals surface area contributed by atoms with Crippen molar-refractivity contribution in [2.24, 2.45) is 5.73 Å². The van der Waals surface area contributed by atoms with Crippen LogP contribution < -0.4 is 15.4 Å². The number of nitro benzene ring substituents is 1. The lowest BCUT2D eigenvalue weighted by molar-refractivity contribution is -0.384. The van der Waals surface area contributed by atoms with Gasteiger partial charge in [0.1, 0.15) is 16.8 Å². The first-order valence-corrected chi connectivity index (χ1v) is 13.2. The summed E-state index contributed by atoms with van der Waals surface area (Å²) in [6.07, 6.45) is 0. The van der Waals surface area contributed by atoms with Gasteiger partial charge in [0.05, 0.1) is 17.7 Å². The highest BCUT2D eigenvalue weighted by Gasteiger charge is 2.58. The number of anilines is 1. The molecule has 0 saturated carbocycles. The monoisotopic (exact) mass is 541 g/mol. The van der Waals surface area contributed by atoms with Crippen molar-refractivity contribution in [3.8, 4) is 5.75 Å². The van der Waals surface area contributed by atoms with Gasteiger partial charge in [-0.25, -0.2) is 0 Å². The molecule has 41 heavy (non-hydrogen) atoms. The number of nitrogens with zero attached hydrogens (tertiary/aromatic N) is 2. The fourth-order valence-corrected chi connectivity index (χ4v) is 5.94. The van der Waals surface area contributed by atoms with Crippen molar-refractivity contribution in [2.45, 2.75) is 11.1 Å². The Morgan fingerprint density at radius 3 is 1.68 bits per heavy atom. The summed E-state index contributed by atoms with van der Waals surface area (Å²) in [4.78, 5) is 28.2. The highest BCUT2D eigenvalue weighted by molar-refractivity contribution is 6.12. The van der Waals surface area contributed by atoms with E-state index in [1.807, 2.05) is 91.0 Å². The van der Waals surface area contributed by atoms with E-state index in [0.29, 0.717) is 22.6 Å². The summed E-state index contributed by atoms with van der Waals surface area (Å²) >= 11 is 0. The average molecular weight is 542 g/mol. The number of benzene rings is 5. The topological polar surface area (TPSA) is 98.7 Å². The third-order valence-corrected chi connectivity index (χ3v) is 7.85. The van der Waals surface area contributed by atoms with Crippen molar-refractivity contribution in [3.63, 3.8) is 0 Å². The molecule has 0 bridgehead atoms. The van der Waals surface area contributed by atoms with Crippen LogP contribution in [0.4, 0.5) is 11.4 Å². The van der Waals surface area contributed by atoms with Gasteiger partial charge in [-0.3, -0.25) is 19.8 Å². The summed E-state index contributed by atoms with van der Waals surface area (Å²) in [5, 5.41) is 11.9. The lowest BCUT2D eigenvalue weighted by Gasteiger charge is -2.44. The number of non-ortho nitro benzene ring substituents is 1. The van der Waals surface area contributed by atoms with Crippen LogP contribution in [-0.2, 0) is 15.9 Å². The van der Waals surface area contributed by atoms with Crippen LogP contribution in [0.1, 0.15) is 27.8 Å². The highest BCUT2D eigenvalue weighted by atomic mass is 16.6. The van der Waals surface area contributed by atoms with E-state index in [1.165, 1.54) is 12.1 Å². The average Bonchev–Trinajstić information content (AvgIpc) is 3.26. The largest absolute Gasteiger partial charge is 0.497 e. The molecular formula is C34H27N3O4. The van der Waals surface area contributed by atoms with Crippen LogP contribution in [0, 0.1) is 10.1 Å². The van der Waals surface area contributed by atoms with E-state index >= 15 is 4.79 Å². The Bertz CT molecular complexity index is 1630. The van der Waals surface area contributed by atoms with Crippen molar-refractivity contribution in [1.82, 2.24) is 0 Å². The molecule has 1 aliphatic heterocycles. The minimum atomic E-state index is -1.71. The molecule has 202 valence electrons. The zero-order valence-corrected chi connectivity index (χ0v) is 22.3. The van der Waals surface area contributed by atoms with Gasteiger partial charge in [-0.2, -0.15) is 0 Å². The normalized spacial score (nSPS) is 16.3. The van der Waals surface area contributed by atoms with Gasteiger partial charge in [0.2, 0.25) is 0 Å². The first-order chi connectivity index (χ1) is 19.9. The molecule has 5 aromatic carbocycles. The number of fused-ring (bicyclic) bond motifs is 1. The number of methoxy groups -OCH3 is 1. The predicted octanol–water partition coefficient (Wildman–Crippen LogP) is 6.14. The Morgan fingerprint density at radius 1 is 0.756 bits per heavy atom. The Hall–Kier alpha value is -5.27. The summed E-state index contributed by atoms with van der Waals surface area (Å²) < 4.78 is 5.34. The van der Waals surface area contributed by atoms with Crippen LogP contribution in [0.5, 0.6) is 5.75 Å². The van der Waals surface area contributed by atoms with Gasteiger partial charge in [0.15, 0.2) is 0 Å². The van der Waals surface area contributed by atoms with E-state index < -0.39 is 21.9 Å². The summed E-state index contributed by atoms with van der Waals surface area (Å²) in [5.41, 5.74) is 8.02. The van der Waals surface area contributed by atoms with Gasteiger partial charge in [-0.1, -0.05) is 103 Å². The van der Waals surface area contributed by atoms with Gasteiger partial charge in [-0.15, -0.1) is 0 Å². The van der Waals surface area contributed by atoms with E-state index in [4.69, 9.17) is 10.5 Å². The summed E-state index contributed by atoms with van der Waals surface area (Å²) in [5.74, 6) is 0.195. The van der Waals surface area contributed by atoms with E-state index in [-0.39, 0.29) is 5.69 Å². The summed E-state index contributed by atoms with van der Waals surface area (Å²) in [7, 11) is 1.56. The SMILES string of the molecule is COc1ccc([C@]2(N)C(=O)N(C(c3ccccc3)(c3ccccc3)c3ccccc3)c3ccc([N+](=O)[O-])cc32)cc1. The number of carbonyl (C=O) groups excluding carboxylic acids is 1. The van der Waals surface area contributed by atoms with Crippen LogP contribution in [0.25, 0.3) is 0 Å². The molecule has 0 spiro atoms. The summed E-state index contributed by atoms with van der Waals surface area (Å²) in [6.45, 7) is 0. The predicted molar refractivity (Wildman–Crippen MR) is 158 cm³/mol. The van der Waals surface area contributed by atoms with E-state index in [9.17, 15) is 10.1 Å². The molecule has 7 heteroatoms. The molecule has 1 atom stereocenters. The molecule has 6 rings (SSSR count). The van der Waals surface area contributed by atoms with Crippen LogP contribution >= 0.6 is 0 Å². The number of carbonyl (C=O) groups is 1. The molecule has 0 fully saturated rings. The number of ether oxygens (including phenoxy) is 1. The Balaban J connectivity index is 1.73. The molecule has 0 aromatic heterocycles. The summed E-state index contributed by atoms with van der Waals surface area (Å²) in [6, 6.07) is 40.7. The number of hydrogen-bond acceptors (Lipinski definition) is 5. The Kier molecular flexibility index (Phi) is 6.36. The zero-order valence-electron chi connectivity index (χ0n) is 22.3. The fourth-order valence-electron chi connectivity index (χ4n) is 5.94.